The van der Waals surface area contributed by atoms with E-state index in [0.29, 0.717) is 29.5 Å². The summed E-state index contributed by atoms with van der Waals surface area (Å²) < 4.78 is 25.7. The van der Waals surface area contributed by atoms with Gasteiger partial charge in [-0.25, -0.2) is 8.78 Å². The van der Waals surface area contributed by atoms with Crippen molar-refractivity contribution in [3.8, 4) is 0 Å². The van der Waals surface area contributed by atoms with E-state index >= 15 is 0 Å². The molecular formula is C15H21F2NOS. The second-order valence-electron chi connectivity index (χ2n) is 4.66. The maximum Gasteiger partial charge on any atom is 0.220 e. The van der Waals surface area contributed by atoms with Crippen LogP contribution in [0.5, 0.6) is 0 Å². The summed E-state index contributed by atoms with van der Waals surface area (Å²) in [6, 6.07) is 3.78. The lowest BCUT2D eigenvalue weighted by Crippen LogP contribution is -2.29. The van der Waals surface area contributed by atoms with Gasteiger partial charge in [-0.15, -0.1) is 11.8 Å². The Bertz CT molecular complexity index is 436. The largest absolute Gasteiger partial charge is 0.356 e. The average molecular weight is 301 g/mol. The fourth-order valence-corrected chi connectivity index (χ4v) is 2.63. The van der Waals surface area contributed by atoms with Crippen molar-refractivity contribution in [2.75, 3.05) is 12.3 Å². The third kappa shape index (κ3) is 5.90. The van der Waals surface area contributed by atoms with Crippen LogP contribution in [-0.4, -0.2) is 18.2 Å². The number of hydrogen-bond acceptors (Lipinski definition) is 2. The van der Waals surface area contributed by atoms with E-state index in [4.69, 9.17) is 0 Å². The minimum atomic E-state index is -0.854. The molecule has 1 amide bonds. The topological polar surface area (TPSA) is 29.1 Å². The molecule has 1 N–H and O–H groups in total. The van der Waals surface area contributed by atoms with Gasteiger partial charge in [-0.2, -0.15) is 0 Å². The van der Waals surface area contributed by atoms with Gasteiger partial charge in [0.1, 0.15) is 0 Å². The van der Waals surface area contributed by atoms with Crippen molar-refractivity contribution < 1.29 is 13.6 Å². The summed E-state index contributed by atoms with van der Waals surface area (Å²) in [6.07, 6.45) is 2.49. The van der Waals surface area contributed by atoms with Crippen LogP contribution in [-0.2, 0) is 4.79 Å². The molecule has 0 radical (unpaired) electrons. The van der Waals surface area contributed by atoms with Gasteiger partial charge in [0.05, 0.1) is 0 Å². The summed E-state index contributed by atoms with van der Waals surface area (Å²) in [5.41, 5.74) is 0. The van der Waals surface area contributed by atoms with Crippen molar-refractivity contribution in [1.29, 1.82) is 0 Å². The Hall–Kier alpha value is -1.10. The zero-order valence-corrected chi connectivity index (χ0v) is 12.7. The molecule has 0 atom stereocenters. The molecule has 0 unspecified atom stereocenters. The monoisotopic (exact) mass is 301 g/mol. The molecule has 20 heavy (non-hydrogen) atoms. The summed E-state index contributed by atoms with van der Waals surface area (Å²) in [4.78, 5) is 12.3. The number of rotatable bonds is 8. The predicted molar refractivity (Wildman–Crippen MR) is 78.8 cm³/mol. The van der Waals surface area contributed by atoms with Gasteiger partial charge in [-0.05, 0) is 24.1 Å². The third-order valence-electron chi connectivity index (χ3n) is 3.23. The number of amides is 1. The summed E-state index contributed by atoms with van der Waals surface area (Å²) in [6.45, 7) is 4.93. The Kier molecular flexibility index (Phi) is 7.59. The van der Waals surface area contributed by atoms with Gasteiger partial charge in [0.25, 0.3) is 0 Å². The summed E-state index contributed by atoms with van der Waals surface area (Å²) in [7, 11) is 0. The maximum absolute atomic E-state index is 13.0. The molecule has 0 aromatic heterocycles. The van der Waals surface area contributed by atoms with E-state index < -0.39 is 11.6 Å². The van der Waals surface area contributed by atoms with Gasteiger partial charge in [0.2, 0.25) is 5.91 Å². The summed E-state index contributed by atoms with van der Waals surface area (Å²) in [5, 5.41) is 2.91. The lowest BCUT2D eigenvalue weighted by atomic mass is 10.0. The number of carbonyl (C=O) groups is 1. The Labute approximate surface area is 123 Å². The summed E-state index contributed by atoms with van der Waals surface area (Å²) in [5.74, 6) is -0.616. The lowest BCUT2D eigenvalue weighted by molar-refractivity contribution is -0.120. The molecule has 0 heterocycles. The number of nitrogens with one attached hydrogen (secondary N) is 1. The zero-order valence-electron chi connectivity index (χ0n) is 11.9. The first-order valence-corrected chi connectivity index (χ1v) is 7.89. The van der Waals surface area contributed by atoms with Crippen molar-refractivity contribution in [2.45, 2.75) is 38.0 Å². The zero-order chi connectivity index (χ0) is 15.0. The molecule has 0 aliphatic carbocycles. The van der Waals surface area contributed by atoms with Crippen molar-refractivity contribution in [2.24, 2.45) is 5.92 Å². The van der Waals surface area contributed by atoms with Crippen molar-refractivity contribution in [1.82, 2.24) is 5.32 Å². The predicted octanol–water partition coefficient (Wildman–Crippen LogP) is 4.00. The van der Waals surface area contributed by atoms with Crippen LogP contribution in [0.3, 0.4) is 0 Å². The average Bonchev–Trinajstić information content (AvgIpc) is 2.44. The minimum Gasteiger partial charge on any atom is -0.356 e. The van der Waals surface area contributed by atoms with Crippen LogP contribution in [0.25, 0.3) is 0 Å². The molecular weight excluding hydrogens is 280 g/mol. The molecule has 0 saturated carbocycles. The Morgan fingerprint density at radius 3 is 2.55 bits per heavy atom. The van der Waals surface area contributed by atoms with E-state index in [0.717, 1.165) is 25.0 Å². The number of benzene rings is 1. The molecule has 1 aromatic carbocycles. The van der Waals surface area contributed by atoms with Gasteiger partial charge in [0.15, 0.2) is 11.6 Å². The quantitative estimate of drug-likeness (QED) is 0.735. The highest BCUT2D eigenvalue weighted by Gasteiger charge is 2.07. The minimum absolute atomic E-state index is 0.00647. The van der Waals surface area contributed by atoms with Gasteiger partial charge in [-0.3, -0.25) is 4.79 Å². The van der Waals surface area contributed by atoms with Crippen LogP contribution >= 0.6 is 11.8 Å². The molecule has 0 aliphatic heterocycles. The molecule has 1 rings (SSSR count). The Balaban J connectivity index is 2.26. The van der Waals surface area contributed by atoms with E-state index in [1.54, 1.807) is 0 Å². The molecule has 1 aromatic rings. The Morgan fingerprint density at radius 1 is 1.25 bits per heavy atom. The normalized spacial score (nSPS) is 10.8. The van der Waals surface area contributed by atoms with Crippen LogP contribution in [0, 0.1) is 17.6 Å². The first kappa shape index (κ1) is 17.0. The second-order valence-corrected chi connectivity index (χ2v) is 5.83. The number of halogens is 2. The first-order valence-electron chi connectivity index (χ1n) is 6.91. The highest BCUT2D eigenvalue weighted by Crippen LogP contribution is 2.20. The second kappa shape index (κ2) is 8.95. The van der Waals surface area contributed by atoms with Gasteiger partial charge in [0, 0.05) is 23.6 Å². The Morgan fingerprint density at radius 2 is 1.95 bits per heavy atom. The molecule has 0 spiro atoms. The molecule has 0 fully saturated rings. The molecule has 2 nitrogen and oxygen atoms in total. The SMILES string of the molecule is CCC(CC)CNC(=O)CCSc1ccc(F)c(F)c1. The van der Waals surface area contributed by atoms with E-state index in [1.807, 2.05) is 0 Å². The van der Waals surface area contributed by atoms with Crippen molar-refractivity contribution >= 4 is 17.7 Å². The van der Waals surface area contributed by atoms with Crippen LogP contribution in [0.4, 0.5) is 8.78 Å². The van der Waals surface area contributed by atoms with Crippen molar-refractivity contribution in [3.63, 3.8) is 0 Å². The fourth-order valence-electron chi connectivity index (χ4n) is 1.75. The van der Waals surface area contributed by atoms with Gasteiger partial charge >= 0.3 is 0 Å². The number of hydrogen-bond donors (Lipinski definition) is 1. The highest BCUT2D eigenvalue weighted by molar-refractivity contribution is 7.99. The standard InChI is InChI=1S/C15H21F2NOS/c1-3-11(4-2)10-18-15(19)7-8-20-12-5-6-13(16)14(17)9-12/h5-6,9,11H,3-4,7-8,10H2,1-2H3,(H,18,19). The van der Waals surface area contributed by atoms with Crippen LogP contribution in [0.15, 0.2) is 23.1 Å². The molecule has 0 aliphatic rings. The van der Waals surface area contributed by atoms with Gasteiger partial charge in [-0.1, -0.05) is 26.7 Å². The number of thioether (sulfide) groups is 1. The fraction of sp³-hybridized carbons (Fsp3) is 0.533. The molecule has 0 saturated heterocycles. The lowest BCUT2D eigenvalue weighted by Gasteiger charge is -2.13. The third-order valence-corrected chi connectivity index (χ3v) is 4.23. The molecule has 112 valence electrons. The van der Waals surface area contributed by atoms with Crippen LogP contribution in [0.2, 0.25) is 0 Å². The van der Waals surface area contributed by atoms with Gasteiger partial charge < -0.3 is 5.32 Å². The number of carbonyl (C=O) groups excluding carboxylic acids is 1. The van der Waals surface area contributed by atoms with E-state index in [9.17, 15) is 13.6 Å². The molecule has 5 heteroatoms. The molecule has 0 bridgehead atoms. The van der Waals surface area contributed by atoms with Crippen LogP contribution < -0.4 is 5.32 Å². The van der Waals surface area contributed by atoms with E-state index in [2.05, 4.69) is 19.2 Å². The van der Waals surface area contributed by atoms with E-state index in [-0.39, 0.29) is 5.91 Å². The van der Waals surface area contributed by atoms with E-state index in [1.165, 1.54) is 17.8 Å². The smallest absolute Gasteiger partial charge is 0.220 e. The first-order chi connectivity index (χ1) is 9.56. The highest BCUT2D eigenvalue weighted by atomic mass is 32.2. The maximum atomic E-state index is 13.0. The van der Waals surface area contributed by atoms with Crippen LogP contribution in [0.1, 0.15) is 33.1 Å². The van der Waals surface area contributed by atoms with Crippen molar-refractivity contribution in [3.05, 3.63) is 29.8 Å². The summed E-state index contributed by atoms with van der Waals surface area (Å²) >= 11 is 1.35.